The molecule has 2 N–H and O–H groups in total. The number of pyridine rings is 1. The molecule has 1 aromatic heterocycles. The minimum atomic E-state index is 0.0761. The molecule has 0 unspecified atom stereocenters. The molecule has 0 aliphatic carbocycles. The van der Waals surface area contributed by atoms with Gasteiger partial charge >= 0.3 is 0 Å². The van der Waals surface area contributed by atoms with Gasteiger partial charge in [0, 0.05) is 18.8 Å². The highest BCUT2D eigenvalue weighted by Crippen LogP contribution is 2.32. The number of aromatic nitrogens is 1. The molecule has 2 rings (SSSR count). The Morgan fingerprint density at radius 2 is 1.95 bits per heavy atom. The SMILES string of the molecule is CC(C)Oc1cccnc1N(C)c1ccccc1C(N)=S. The molecule has 0 atom stereocenters. The van der Waals surface area contributed by atoms with Crippen molar-refractivity contribution in [1.82, 2.24) is 4.98 Å². The highest BCUT2D eigenvalue weighted by Gasteiger charge is 2.16. The Hall–Kier alpha value is -2.14. The highest BCUT2D eigenvalue weighted by atomic mass is 32.1. The monoisotopic (exact) mass is 301 g/mol. The molecule has 0 aliphatic rings. The van der Waals surface area contributed by atoms with Gasteiger partial charge in [0.15, 0.2) is 11.6 Å². The maximum absolute atomic E-state index is 5.82. The van der Waals surface area contributed by atoms with E-state index in [9.17, 15) is 0 Å². The molecule has 110 valence electrons. The van der Waals surface area contributed by atoms with Gasteiger partial charge in [-0.25, -0.2) is 4.98 Å². The number of benzene rings is 1. The first-order valence-corrected chi connectivity index (χ1v) is 7.15. The fraction of sp³-hybridized carbons (Fsp3) is 0.250. The van der Waals surface area contributed by atoms with Gasteiger partial charge in [-0.05, 0) is 38.1 Å². The van der Waals surface area contributed by atoms with Crippen LogP contribution in [0.25, 0.3) is 0 Å². The van der Waals surface area contributed by atoms with Gasteiger partial charge in [0.05, 0.1) is 11.8 Å². The minimum Gasteiger partial charge on any atom is -0.487 e. The first-order valence-electron chi connectivity index (χ1n) is 6.75. The van der Waals surface area contributed by atoms with Crippen LogP contribution in [-0.2, 0) is 0 Å². The smallest absolute Gasteiger partial charge is 0.175 e. The average molecular weight is 301 g/mol. The van der Waals surface area contributed by atoms with E-state index in [1.165, 1.54) is 0 Å². The van der Waals surface area contributed by atoms with Gasteiger partial charge in [0.25, 0.3) is 0 Å². The van der Waals surface area contributed by atoms with Crippen molar-refractivity contribution in [2.75, 3.05) is 11.9 Å². The Bertz CT molecular complexity index is 643. The number of rotatable bonds is 5. The minimum absolute atomic E-state index is 0.0761. The van der Waals surface area contributed by atoms with E-state index < -0.39 is 0 Å². The molecule has 21 heavy (non-hydrogen) atoms. The molecule has 0 bridgehead atoms. The van der Waals surface area contributed by atoms with E-state index in [-0.39, 0.29) is 6.10 Å². The molecule has 1 aromatic carbocycles. The number of thiocarbonyl (C=S) groups is 1. The number of anilines is 2. The number of nitrogens with zero attached hydrogens (tertiary/aromatic N) is 2. The Labute approximate surface area is 130 Å². The van der Waals surface area contributed by atoms with Crippen molar-refractivity contribution >= 4 is 28.7 Å². The summed E-state index contributed by atoms with van der Waals surface area (Å²) in [6, 6.07) is 11.5. The van der Waals surface area contributed by atoms with Crippen LogP contribution in [0.1, 0.15) is 19.4 Å². The van der Waals surface area contributed by atoms with Gasteiger partial charge in [-0.1, -0.05) is 24.4 Å². The van der Waals surface area contributed by atoms with Gasteiger partial charge in [-0.15, -0.1) is 0 Å². The fourth-order valence-electron chi connectivity index (χ4n) is 2.07. The average Bonchev–Trinajstić information content (AvgIpc) is 2.46. The van der Waals surface area contributed by atoms with Crippen LogP contribution in [0.5, 0.6) is 5.75 Å². The van der Waals surface area contributed by atoms with Crippen LogP contribution in [0.3, 0.4) is 0 Å². The van der Waals surface area contributed by atoms with Gasteiger partial charge in [-0.3, -0.25) is 0 Å². The normalized spacial score (nSPS) is 10.5. The second kappa shape index (κ2) is 6.54. The molecule has 4 nitrogen and oxygen atoms in total. The number of ether oxygens (including phenoxy) is 1. The number of nitrogens with two attached hydrogens (primary N) is 1. The van der Waals surface area contributed by atoms with Crippen LogP contribution in [0.15, 0.2) is 42.6 Å². The lowest BCUT2D eigenvalue weighted by atomic mass is 10.1. The summed E-state index contributed by atoms with van der Waals surface area (Å²) in [5.41, 5.74) is 7.52. The van der Waals surface area contributed by atoms with Crippen LogP contribution < -0.4 is 15.4 Å². The molecule has 0 amide bonds. The fourth-order valence-corrected chi connectivity index (χ4v) is 2.24. The van der Waals surface area contributed by atoms with Crippen LogP contribution in [0.4, 0.5) is 11.5 Å². The zero-order valence-corrected chi connectivity index (χ0v) is 13.2. The Morgan fingerprint density at radius 3 is 2.62 bits per heavy atom. The third kappa shape index (κ3) is 3.49. The highest BCUT2D eigenvalue weighted by molar-refractivity contribution is 7.80. The number of hydrogen-bond donors (Lipinski definition) is 1. The Morgan fingerprint density at radius 1 is 1.24 bits per heavy atom. The molecule has 1 heterocycles. The van der Waals surface area contributed by atoms with Crippen molar-refractivity contribution in [3.63, 3.8) is 0 Å². The maximum atomic E-state index is 5.82. The molecule has 0 radical (unpaired) electrons. The lowest BCUT2D eigenvalue weighted by Gasteiger charge is -2.24. The molecule has 2 aromatic rings. The van der Waals surface area contributed by atoms with E-state index >= 15 is 0 Å². The zero-order chi connectivity index (χ0) is 15.4. The summed E-state index contributed by atoms with van der Waals surface area (Å²) in [5.74, 6) is 1.46. The molecule has 0 spiro atoms. The third-order valence-electron chi connectivity index (χ3n) is 2.96. The van der Waals surface area contributed by atoms with E-state index in [4.69, 9.17) is 22.7 Å². The van der Waals surface area contributed by atoms with E-state index in [1.54, 1.807) is 6.20 Å². The van der Waals surface area contributed by atoms with E-state index in [0.29, 0.717) is 4.99 Å². The van der Waals surface area contributed by atoms with Crippen molar-refractivity contribution in [1.29, 1.82) is 0 Å². The lowest BCUT2D eigenvalue weighted by molar-refractivity contribution is 0.242. The molecular weight excluding hydrogens is 282 g/mol. The van der Waals surface area contributed by atoms with Crippen molar-refractivity contribution in [2.24, 2.45) is 5.73 Å². The summed E-state index contributed by atoms with van der Waals surface area (Å²) < 4.78 is 5.82. The molecule has 5 heteroatoms. The van der Waals surface area contributed by atoms with Crippen molar-refractivity contribution in [3.05, 3.63) is 48.2 Å². The number of para-hydroxylation sites is 1. The summed E-state index contributed by atoms with van der Waals surface area (Å²) in [7, 11) is 1.92. The summed E-state index contributed by atoms with van der Waals surface area (Å²) >= 11 is 5.12. The lowest BCUT2D eigenvalue weighted by Crippen LogP contribution is -2.19. The number of hydrogen-bond acceptors (Lipinski definition) is 4. The standard InChI is InChI=1S/C16H19N3OS/c1-11(2)20-14-9-6-10-18-16(14)19(3)13-8-5-4-7-12(13)15(17)21/h4-11H,1-3H3,(H2,17,21). The van der Waals surface area contributed by atoms with Crippen LogP contribution in [0.2, 0.25) is 0 Å². The molecule has 0 aliphatic heterocycles. The first kappa shape index (κ1) is 15.3. The van der Waals surface area contributed by atoms with Gasteiger partial charge in [0.1, 0.15) is 4.99 Å². The van der Waals surface area contributed by atoms with E-state index in [2.05, 4.69) is 4.98 Å². The van der Waals surface area contributed by atoms with Crippen molar-refractivity contribution in [2.45, 2.75) is 20.0 Å². The molecular formula is C16H19N3OS. The largest absolute Gasteiger partial charge is 0.487 e. The zero-order valence-electron chi connectivity index (χ0n) is 12.4. The molecule has 0 saturated carbocycles. The predicted molar refractivity (Wildman–Crippen MR) is 90.4 cm³/mol. The van der Waals surface area contributed by atoms with Crippen LogP contribution >= 0.6 is 12.2 Å². The molecule has 0 saturated heterocycles. The topological polar surface area (TPSA) is 51.4 Å². The second-order valence-corrected chi connectivity index (χ2v) is 5.37. The van der Waals surface area contributed by atoms with Gasteiger partial charge in [-0.2, -0.15) is 0 Å². The Balaban J connectivity index is 2.46. The van der Waals surface area contributed by atoms with Gasteiger partial charge in [0.2, 0.25) is 0 Å². The van der Waals surface area contributed by atoms with Crippen LogP contribution in [0, 0.1) is 0 Å². The summed E-state index contributed by atoms with van der Waals surface area (Å²) in [6.07, 6.45) is 1.81. The predicted octanol–water partition coefficient (Wildman–Crippen LogP) is 3.27. The third-order valence-corrected chi connectivity index (χ3v) is 3.18. The maximum Gasteiger partial charge on any atom is 0.175 e. The Kier molecular flexibility index (Phi) is 4.75. The van der Waals surface area contributed by atoms with Crippen molar-refractivity contribution < 1.29 is 4.74 Å². The summed E-state index contributed by atoms with van der Waals surface area (Å²) in [5, 5.41) is 0. The van der Waals surface area contributed by atoms with Crippen molar-refractivity contribution in [3.8, 4) is 5.75 Å². The van der Waals surface area contributed by atoms with Gasteiger partial charge < -0.3 is 15.4 Å². The van der Waals surface area contributed by atoms with E-state index in [1.807, 2.05) is 62.2 Å². The first-order chi connectivity index (χ1) is 10.0. The second-order valence-electron chi connectivity index (χ2n) is 4.93. The quantitative estimate of drug-likeness (QED) is 0.859. The van der Waals surface area contributed by atoms with Crippen LogP contribution in [-0.4, -0.2) is 23.1 Å². The summed E-state index contributed by atoms with van der Waals surface area (Å²) in [6.45, 7) is 3.97. The van der Waals surface area contributed by atoms with E-state index in [0.717, 1.165) is 22.8 Å². The molecule has 0 fully saturated rings. The summed E-state index contributed by atoms with van der Waals surface area (Å²) in [4.78, 5) is 6.72.